The minimum absolute atomic E-state index is 0.439. The normalized spacial score (nSPS) is 15.9. The van der Waals surface area contributed by atoms with Crippen LogP contribution in [-0.4, -0.2) is 12.0 Å². The van der Waals surface area contributed by atoms with Crippen molar-refractivity contribution in [2.45, 2.75) is 18.9 Å². The van der Waals surface area contributed by atoms with E-state index < -0.39 is 0 Å². The second-order valence-corrected chi connectivity index (χ2v) is 5.49. The molecular formula is C14H14BrN3. The van der Waals surface area contributed by atoms with E-state index in [9.17, 15) is 0 Å². The zero-order valence-corrected chi connectivity index (χ0v) is 11.4. The summed E-state index contributed by atoms with van der Waals surface area (Å²) in [5, 5.41) is 5.52. The van der Waals surface area contributed by atoms with Crippen molar-refractivity contribution >= 4 is 38.3 Å². The van der Waals surface area contributed by atoms with Crippen LogP contribution in [0.2, 0.25) is 0 Å². The average molecular weight is 304 g/mol. The van der Waals surface area contributed by atoms with Crippen LogP contribution in [0.5, 0.6) is 0 Å². The molecule has 0 atom stereocenters. The molecule has 0 amide bonds. The molecule has 3 N–H and O–H groups in total. The maximum Gasteiger partial charge on any atom is 0.193 e. The van der Waals surface area contributed by atoms with Crippen LogP contribution in [0.25, 0.3) is 10.8 Å². The lowest BCUT2D eigenvalue weighted by Gasteiger charge is -2.07. The highest BCUT2D eigenvalue weighted by Crippen LogP contribution is 2.24. The molecule has 0 aliphatic heterocycles. The molecule has 3 rings (SSSR count). The topological polar surface area (TPSA) is 50.4 Å². The fourth-order valence-electron chi connectivity index (χ4n) is 1.87. The van der Waals surface area contributed by atoms with E-state index in [4.69, 9.17) is 5.73 Å². The Morgan fingerprint density at radius 3 is 2.67 bits per heavy atom. The molecule has 18 heavy (non-hydrogen) atoms. The lowest BCUT2D eigenvalue weighted by Crippen LogP contribution is -2.22. The van der Waals surface area contributed by atoms with Gasteiger partial charge in [-0.15, -0.1) is 0 Å². The Morgan fingerprint density at radius 1 is 1.17 bits per heavy atom. The Balaban J connectivity index is 1.86. The molecule has 4 heteroatoms. The number of anilines is 1. The van der Waals surface area contributed by atoms with Crippen molar-refractivity contribution in [2.24, 2.45) is 10.7 Å². The lowest BCUT2D eigenvalue weighted by molar-refractivity contribution is 1.06. The van der Waals surface area contributed by atoms with E-state index in [2.05, 4.69) is 50.5 Å². The molecule has 1 saturated carbocycles. The first-order valence-corrected chi connectivity index (χ1v) is 6.80. The molecule has 92 valence electrons. The van der Waals surface area contributed by atoms with Crippen LogP contribution in [0.15, 0.2) is 45.9 Å². The molecule has 0 heterocycles. The monoisotopic (exact) mass is 303 g/mol. The van der Waals surface area contributed by atoms with Crippen LogP contribution in [0.1, 0.15) is 12.8 Å². The van der Waals surface area contributed by atoms with Gasteiger partial charge in [-0.1, -0.05) is 28.1 Å². The third kappa shape index (κ3) is 2.64. The summed E-state index contributed by atoms with van der Waals surface area (Å²) in [4.78, 5) is 4.35. The van der Waals surface area contributed by atoms with Crippen LogP contribution in [0.3, 0.4) is 0 Å². The SMILES string of the molecule is NC(=NC1CC1)Nc1ccc2cc(Br)ccc2c1. The average Bonchev–Trinajstić information content (AvgIpc) is 3.13. The number of nitrogens with zero attached hydrogens (tertiary/aromatic N) is 1. The molecule has 0 saturated heterocycles. The van der Waals surface area contributed by atoms with E-state index in [1.807, 2.05) is 12.1 Å². The van der Waals surface area contributed by atoms with Crippen molar-refractivity contribution in [2.75, 3.05) is 5.32 Å². The Labute approximate surface area is 114 Å². The molecule has 3 nitrogen and oxygen atoms in total. The van der Waals surface area contributed by atoms with Crippen molar-refractivity contribution in [1.29, 1.82) is 0 Å². The second-order valence-electron chi connectivity index (χ2n) is 4.58. The lowest BCUT2D eigenvalue weighted by atomic mass is 10.1. The van der Waals surface area contributed by atoms with Gasteiger partial charge >= 0.3 is 0 Å². The van der Waals surface area contributed by atoms with Gasteiger partial charge in [0.25, 0.3) is 0 Å². The van der Waals surface area contributed by atoms with E-state index in [1.165, 1.54) is 10.8 Å². The molecule has 2 aromatic rings. The molecule has 1 aliphatic carbocycles. The largest absolute Gasteiger partial charge is 0.370 e. The van der Waals surface area contributed by atoms with Gasteiger partial charge in [-0.2, -0.15) is 0 Å². The van der Waals surface area contributed by atoms with Crippen LogP contribution >= 0.6 is 15.9 Å². The number of nitrogens with two attached hydrogens (primary N) is 1. The number of hydrogen-bond acceptors (Lipinski definition) is 1. The highest BCUT2D eigenvalue weighted by Gasteiger charge is 2.20. The van der Waals surface area contributed by atoms with Crippen molar-refractivity contribution < 1.29 is 0 Å². The van der Waals surface area contributed by atoms with E-state index in [-0.39, 0.29) is 0 Å². The number of hydrogen-bond donors (Lipinski definition) is 2. The second kappa shape index (κ2) is 4.61. The van der Waals surface area contributed by atoms with Crippen LogP contribution in [-0.2, 0) is 0 Å². The summed E-state index contributed by atoms with van der Waals surface area (Å²) < 4.78 is 1.09. The predicted molar refractivity (Wildman–Crippen MR) is 79.9 cm³/mol. The summed E-state index contributed by atoms with van der Waals surface area (Å²) >= 11 is 3.47. The Kier molecular flexibility index (Phi) is 2.96. The maximum absolute atomic E-state index is 5.85. The van der Waals surface area contributed by atoms with Crippen LogP contribution in [0.4, 0.5) is 5.69 Å². The summed E-state index contributed by atoms with van der Waals surface area (Å²) in [6.07, 6.45) is 2.32. The molecule has 0 aromatic heterocycles. The number of rotatable bonds is 2. The number of benzene rings is 2. The highest BCUT2D eigenvalue weighted by molar-refractivity contribution is 9.10. The third-order valence-corrected chi connectivity index (χ3v) is 3.44. The van der Waals surface area contributed by atoms with Gasteiger partial charge in [0, 0.05) is 10.2 Å². The Bertz CT molecular complexity index is 617. The summed E-state index contributed by atoms with van der Waals surface area (Å²) in [6.45, 7) is 0. The summed E-state index contributed by atoms with van der Waals surface area (Å²) in [7, 11) is 0. The van der Waals surface area contributed by atoms with E-state index >= 15 is 0 Å². The number of aliphatic imine (C=N–C) groups is 1. The molecule has 0 spiro atoms. The van der Waals surface area contributed by atoms with E-state index in [0.29, 0.717) is 12.0 Å². The first-order valence-electron chi connectivity index (χ1n) is 6.00. The van der Waals surface area contributed by atoms with Gasteiger partial charge in [0.05, 0.1) is 6.04 Å². The van der Waals surface area contributed by atoms with Crippen LogP contribution < -0.4 is 11.1 Å². The third-order valence-electron chi connectivity index (χ3n) is 2.94. The van der Waals surface area contributed by atoms with Gasteiger partial charge in [-0.3, -0.25) is 0 Å². The summed E-state index contributed by atoms with van der Waals surface area (Å²) in [5.41, 5.74) is 6.82. The number of nitrogens with one attached hydrogen (secondary N) is 1. The Morgan fingerprint density at radius 2 is 1.89 bits per heavy atom. The van der Waals surface area contributed by atoms with Crippen molar-refractivity contribution in [3.63, 3.8) is 0 Å². The number of guanidine groups is 1. The minimum Gasteiger partial charge on any atom is -0.370 e. The molecule has 1 fully saturated rings. The highest BCUT2D eigenvalue weighted by atomic mass is 79.9. The molecule has 2 aromatic carbocycles. The minimum atomic E-state index is 0.439. The number of halogens is 1. The molecule has 1 aliphatic rings. The maximum atomic E-state index is 5.85. The molecular weight excluding hydrogens is 290 g/mol. The zero-order chi connectivity index (χ0) is 12.5. The fourth-order valence-corrected chi connectivity index (χ4v) is 2.25. The van der Waals surface area contributed by atoms with Crippen molar-refractivity contribution in [1.82, 2.24) is 0 Å². The fraction of sp³-hybridized carbons (Fsp3) is 0.214. The molecule has 0 bridgehead atoms. The predicted octanol–water partition coefficient (Wildman–Crippen LogP) is 3.49. The van der Waals surface area contributed by atoms with Crippen LogP contribution in [0, 0.1) is 0 Å². The Hall–Kier alpha value is -1.55. The standard InChI is InChI=1S/C14H14BrN3/c15-11-3-1-10-8-13(4-2-9(10)7-11)18-14(16)17-12-5-6-12/h1-4,7-8,12H,5-6H2,(H3,16,17,18). The van der Waals surface area contributed by atoms with E-state index in [0.717, 1.165) is 23.0 Å². The molecule has 0 radical (unpaired) electrons. The van der Waals surface area contributed by atoms with Gasteiger partial charge in [0.2, 0.25) is 0 Å². The van der Waals surface area contributed by atoms with E-state index in [1.54, 1.807) is 0 Å². The summed E-state index contributed by atoms with van der Waals surface area (Å²) in [5.74, 6) is 0.508. The summed E-state index contributed by atoms with van der Waals surface area (Å²) in [6, 6.07) is 12.8. The van der Waals surface area contributed by atoms with Gasteiger partial charge in [-0.25, -0.2) is 4.99 Å². The first kappa shape index (κ1) is 11.5. The van der Waals surface area contributed by atoms with Gasteiger partial charge in [0.1, 0.15) is 0 Å². The van der Waals surface area contributed by atoms with Gasteiger partial charge < -0.3 is 11.1 Å². The smallest absolute Gasteiger partial charge is 0.193 e. The van der Waals surface area contributed by atoms with Crippen molar-refractivity contribution in [3.05, 3.63) is 40.9 Å². The van der Waals surface area contributed by atoms with Gasteiger partial charge in [-0.05, 0) is 47.9 Å². The molecule has 0 unspecified atom stereocenters. The quantitative estimate of drug-likeness (QED) is 0.659. The number of fused-ring (bicyclic) bond motifs is 1. The van der Waals surface area contributed by atoms with Gasteiger partial charge in [0.15, 0.2) is 5.96 Å². The van der Waals surface area contributed by atoms with Crippen molar-refractivity contribution in [3.8, 4) is 0 Å². The first-order chi connectivity index (χ1) is 8.70. The zero-order valence-electron chi connectivity index (χ0n) is 9.86.